The van der Waals surface area contributed by atoms with Crippen LogP contribution >= 0.6 is 11.6 Å². The van der Waals surface area contributed by atoms with Crippen LogP contribution in [-0.2, 0) is 0 Å². The van der Waals surface area contributed by atoms with E-state index in [1.807, 2.05) is 13.0 Å². The molecular formula is C12H17ClN2. The summed E-state index contributed by atoms with van der Waals surface area (Å²) in [5, 5.41) is 0.595. The summed E-state index contributed by atoms with van der Waals surface area (Å²) in [5.74, 6) is 0. The molecule has 0 spiro atoms. The van der Waals surface area contributed by atoms with Crippen LogP contribution in [0.3, 0.4) is 0 Å². The lowest BCUT2D eigenvalue weighted by Crippen LogP contribution is -2.23. The molecule has 3 heteroatoms. The molecule has 1 saturated heterocycles. The van der Waals surface area contributed by atoms with Gasteiger partial charge in [-0.3, -0.25) is 4.90 Å². The predicted molar refractivity (Wildman–Crippen MR) is 63.2 cm³/mol. The topological polar surface area (TPSA) is 16.1 Å². The molecule has 0 radical (unpaired) electrons. The Labute approximate surface area is 96.3 Å². The minimum absolute atomic E-state index is 0.555. The van der Waals surface area contributed by atoms with Crippen molar-refractivity contribution in [1.29, 1.82) is 0 Å². The molecule has 0 N–H and O–H groups in total. The molecule has 0 bridgehead atoms. The van der Waals surface area contributed by atoms with Gasteiger partial charge in [0.05, 0.1) is 0 Å². The molecule has 1 aromatic heterocycles. The number of likely N-dealkylation sites (tertiary alicyclic amines) is 1. The average Bonchev–Trinajstić information content (AvgIpc) is 2.65. The monoisotopic (exact) mass is 224 g/mol. The number of nitrogens with zero attached hydrogens (tertiary/aromatic N) is 2. The largest absolute Gasteiger partial charge is 0.297 e. The Morgan fingerprint density at radius 2 is 2.33 bits per heavy atom. The summed E-state index contributed by atoms with van der Waals surface area (Å²) in [6.45, 7) is 6.60. The van der Waals surface area contributed by atoms with E-state index in [1.54, 1.807) is 0 Å². The zero-order valence-corrected chi connectivity index (χ0v) is 10.1. The van der Waals surface area contributed by atoms with Crippen LogP contribution in [0, 0.1) is 6.92 Å². The zero-order chi connectivity index (χ0) is 10.8. The van der Waals surface area contributed by atoms with Crippen LogP contribution in [0.5, 0.6) is 0 Å². The lowest BCUT2D eigenvalue weighted by Gasteiger charge is -2.24. The second kappa shape index (κ2) is 4.50. The minimum Gasteiger partial charge on any atom is -0.297 e. The first-order valence-electron chi connectivity index (χ1n) is 5.59. The van der Waals surface area contributed by atoms with Crippen molar-refractivity contribution in [3.05, 3.63) is 28.5 Å². The smallest absolute Gasteiger partial charge is 0.129 e. The van der Waals surface area contributed by atoms with Crippen LogP contribution in [0.4, 0.5) is 0 Å². The summed E-state index contributed by atoms with van der Waals surface area (Å²) >= 11 is 5.87. The maximum absolute atomic E-state index is 5.87. The van der Waals surface area contributed by atoms with E-state index < -0.39 is 0 Å². The van der Waals surface area contributed by atoms with Gasteiger partial charge >= 0.3 is 0 Å². The lowest BCUT2D eigenvalue weighted by molar-refractivity contribution is 0.270. The third-order valence-electron chi connectivity index (χ3n) is 3.22. The second-order valence-corrected chi connectivity index (χ2v) is 4.48. The van der Waals surface area contributed by atoms with Crippen molar-refractivity contribution < 1.29 is 0 Å². The first-order chi connectivity index (χ1) is 7.22. The molecule has 0 saturated carbocycles. The van der Waals surface area contributed by atoms with Gasteiger partial charge in [-0.2, -0.15) is 0 Å². The van der Waals surface area contributed by atoms with Gasteiger partial charge in [0.2, 0.25) is 0 Å². The highest BCUT2D eigenvalue weighted by Crippen LogP contribution is 2.33. The first kappa shape index (κ1) is 10.9. The van der Waals surface area contributed by atoms with E-state index in [0.717, 1.165) is 12.2 Å². The Morgan fingerprint density at radius 3 is 3.00 bits per heavy atom. The van der Waals surface area contributed by atoms with Gasteiger partial charge in [0, 0.05) is 11.7 Å². The Morgan fingerprint density at radius 1 is 1.53 bits per heavy atom. The van der Waals surface area contributed by atoms with Crippen LogP contribution in [0.25, 0.3) is 0 Å². The maximum atomic E-state index is 5.87. The minimum atomic E-state index is 0.555. The van der Waals surface area contributed by atoms with Crippen molar-refractivity contribution in [1.82, 2.24) is 9.88 Å². The zero-order valence-electron chi connectivity index (χ0n) is 9.33. The summed E-state index contributed by atoms with van der Waals surface area (Å²) < 4.78 is 0. The van der Waals surface area contributed by atoms with Crippen LogP contribution in [-0.4, -0.2) is 23.0 Å². The Hall–Kier alpha value is -0.600. The standard InChI is InChI=1S/C12H17ClN2/c1-3-15-8-4-5-11(15)10-6-7-12(13)14-9(10)2/h6-7,11H,3-5,8H2,1-2H3. The number of rotatable bonds is 2. The third kappa shape index (κ3) is 2.16. The number of hydrogen-bond acceptors (Lipinski definition) is 2. The highest BCUT2D eigenvalue weighted by atomic mass is 35.5. The van der Waals surface area contributed by atoms with E-state index >= 15 is 0 Å². The number of halogens is 1. The average molecular weight is 225 g/mol. The second-order valence-electron chi connectivity index (χ2n) is 4.10. The van der Waals surface area contributed by atoms with Crippen molar-refractivity contribution in [2.75, 3.05) is 13.1 Å². The van der Waals surface area contributed by atoms with Crippen molar-refractivity contribution in [3.63, 3.8) is 0 Å². The molecule has 0 aromatic carbocycles. The van der Waals surface area contributed by atoms with E-state index in [4.69, 9.17) is 11.6 Å². The summed E-state index contributed by atoms with van der Waals surface area (Å²) in [5.41, 5.74) is 2.42. The van der Waals surface area contributed by atoms with Gasteiger partial charge in [-0.25, -0.2) is 4.98 Å². The van der Waals surface area contributed by atoms with Crippen molar-refractivity contribution >= 4 is 11.6 Å². The number of hydrogen-bond donors (Lipinski definition) is 0. The van der Waals surface area contributed by atoms with Gasteiger partial charge in [0.15, 0.2) is 0 Å². The molecule has 1 aliphatic heterocycles. The molecule has 82 valence electrons. The molecule has 0 aliphatic carbocycles. The predicted octanol–water partition coefficient (Wildman–Crippen LogP) is 3.20. The molecule has 15 heavy (non-hydrogen) atoms. The SMILES string of the molecule is CCN1CCCC1c1ccc(Cl)nc1C. The summed E-state index contributed by atoms with van der Waals surface area (Å²) in [7, 11) is 0. The lowest BCUT2D eigenvalue weighted by atomic mass is 10.0. The highest BCUT2D eigenvalue weighted by Gasteiger charge is 2.25. The molecule has 2 rings (SSSR count). The number of aryl methyl sites for hydroxylation is 1. The van der Waals surface area contributed by atoms with Crippen molar-refractivity contribution in [2.45, 2.75) is 32.7 Å². The van der Waals surface area contributed by atoms with Gasteiger partial charge in [0.1, 0.15) is 5.15 Å². The fourth-order valence-electron chi connectivity index (χ4n) is 2.45. The fraction of sp³-hybridized carbons (Fsp3) is 0.583. The number of pyridine rings is 1. The highest BCUT2D eigenvalue weighted by molar-refractivity contribution is 6.29. The molecule has 2 heterocycles. The molecule has 1 unspecified atom stereocenters. The summed E-state index contributed by atoms with van der Waals surface area (Å²) in [6.07, 6.45) is 2.54. The Kier molecular flexibility index (Phi) is 3.27. The van der Waals surface area contributed by atoms with Crippen molar-refractivity contribution in [2.24, 2.45) is 0 Å². The Balaban J connectivity index is 2.28. The molecule has 1 aliphatic rings. The Bertz CT molecular complexity index is 351. The van der Waals surface area contributed by atoms with E-state index in [0.29, 0.717) is 11.2 Å². The summed E-state index contributed by atoms with van der Waals surface area (Å²) in [4.78, 5) is 6.84. The van der Waals surface area contributed by atoms with E-state index in [2.05, 4.69) is 22.9 Å². The number of aromatic nitrogens is 1. The molecule has 0 amide bonds. The van der Waals surface area contributed by atoms with Crippen molar-refractivity contribution in [3.8, 4) is 0 Å². The fourth-order valence-corrected chi connectivity index (χ4v) is 2.64. The van der Waals surface area contributed by atoms with Gasteiger partial charge in [-0.1, -0.05) is 24.6 Å². The van der Waals surface area contributed by atoms with E-state index in [9.17, 15) is 0 Å². The quantitative estimate of drug-likeness (QED) is 0.718. The third-order valence-corrected chi connectivity index (χ3v) is 3.43. The van der Waals surface area contributed by atoms with Gasteiger partial charge in [-0.15, -0.1) is 0 Å². The van der Waals surface area contributed by atoms with E-state index in [1.165, 1.54) is 24.9 Å². The maximum Gasteiger partial charge on any atom is 0.129 e. The summed E-state index contributed by atoms with van der Waals surface area (Å²) in [6, 6.07) is 4.58. The van der Waals surface area contributed by atoms with E-state index in [-0.39, 0.29) is 0 Å². The molecule has 2 nitrogen and oxygen atoms in total. The van der Waals surface area contributed by atoms with Gasteiger partial charge in [0.25, 0.3) is 0 Å². The first-order valence-corrected chi connectivity index (χ1v) is 5.97. The molecule has 1 fully saturated rings. The van der Waals surface area contributed by atoms with Gasteiger partial charge in [-0.05, 0) is 44.5 Å². The molecular weight excluding hydrogens is 208 g/mol. The van der Waals surface area contributed by atoms with Gasteiger partial charge < -0.3 is 0 Å². The normalized spacial score (nSPS) is 22.2. The molecule has 1 aromatic rings. The molecule has 1 atom stereocenters. The van der Waals surface area contributed by atoms with Crippen LogP contribution in [0.1, 0.15) is 37.1 Å². The van der Waals surface area contributed by atoms with Crippen LogP contribution in [0.2, 0.25) is 5.15 Å². The van der Waals surface area contributed by atoms with Crippen LogP contribution in [0.15, 0.2) is 12.1 Å². The van der Waals surface area contributed by atoms with Crippen LogP contribution < -0.4 is 0 Å².